The van der Waals surface area contributed by atoms with E-state index >= 15 is 0 Å². The van der Waals surface area contributed by atoms with E-state index in [1.165, 1.54) is 24.0 Å². The average Bonchev–Trinajstić information content (AvgIpc) is 2.62. The van der Waals surface area contributed by atoms with Crippen molar-refractivity contribution in [1.82, 2.24) is 5.32 Å². The maximum atomic E-state index is 11.9. The lowest BCUT2D eigenvalue weighted by molar-refractivity contribution is 0.155. The van der Waals surface area contributed by atoms with E-state index in [-0.39, 0.29) is 6.61 Å². The van der Waals surface area contributed by atoms with Crippen molar-refractivity contribution in [3.05, 3.63) is 65.2 Å². The van der Waals surface area contributed by atoms with Crippen molar-refractivity contribution >= 4 is 11.8 Å². The second kappa shape index (κ2) is 7.97. The van der Waals surface area contributed by atoms with Crippen LogP contribution in [-0.4, -0.2) is 19.2 Å². The van der Waals surface area contributed by atoms with Crippen LogP contribution in [0.5, 0.6) is 0 Å². The lowest BCUT2D eigenvalue weighted by Crippen LogP contribution is -2.27. The normalized spacial score (nSPS) is 15.0. The van der Waals surface area contributed by atoms with Crippen LogP contribution in [0.25, 0.3) is 0 Å². The van der Waals surface area contributed by atoms with Crippen molar-refractivity contribution in [2.75, 3.05) is 18.4 Å². The minimum absolute atomic E-state index is 0.277. The molecule has 0 radical (unpaired) electrons. The van der Waals surface area contributed by atoms with Gasteiger partial charge >= 0.3 is 6.09 Å². The van der Waals surface area contributed by atoms with E-state index < -0.39 is 6.09 Å². The Morgan fingerprint density at radius 2 is 1.92 bits per heavy atom. The lowest BCUT2D eigenvalue weighted by Gasteiger charge is -2.24. The Labute approximate surface area is 143 Å². The van der Waals surface area contributed by atoms with Gasteiger partial charge in [0, 0.05) is 5.69 Å². The van der Waals surface area contributed by atoms with Gasteiger partial charge in [-0.1, -0.05) is 36.4 Å². The summed E-state index contributed by atoms with van der Waals surface area (Å²) in [4.78, 5) is 11.9. The van der Waals surface area contributed by atoms with E-state index in [2.05, 4.69) is 23.6 Å². The summed E-state index contributed by atoms with van der Waals surface area (Å²) in [5.41, 5.74) is 4.37. The first-order chi connectivity index (χ1) is 11.7. The number of anilines is 1. The second-order valence-electron chi connectivity index (χ2n) is 6.28. The fourth-order valence-corrected chi connectivity index (χ4v) is 3.22. The van der Waals surface area contributed by atoms with Crippen LogP contribution in [0.15, 0.2) is 48.5 Å². The Bertz CT molecular complexity index is 679. The number of aryl methyl sites for hydroxylation is 1. The Kier molecular flexibility index (Phi) is 5.49. The van der Waals surface area contributed by atoms with Gasteiger partial charge in [-0.15, -0.1) is 0 Å². The lowest BCUT2D eigenvalue weighted by atomic mass is 9.87. The summed E-state index contributed by atoms with van der Waals surface area (Å²) in [5, 5.41) is 6.21. The molecular weight excluding hydrogens is 300 g/mol. The highest BCUT2D eigenvalue weighted by molar-refractivity contribution is 5.84. The van der Waals surface area contributed by atoms with Crippen LogP contribution in [0.1, 0.15) is 35.4 Å². The highest BCUT2D eigenvalue weighted by Gasteiger charge is 2.17. The Hall–Kier alpha value is -2.33. The van der Waals surface area contributed by atoms with E-state index in [1.54, 1.807) is 0 Å². The number of nitrogens with one attached hydrogen (secondary N) is 2. The Balaban J connectivity index is 1.57. The van der Waals surface area contributed by atoms with E-state index in [0.29, 0.717) is 5.92 Å². The van der Waals surface area contributed by atoms with Gasteiger partial charge in [0.25, 0.3) is 0 Å². The Morgan fingerprint density at radius 1 is 1.17 bits per heavy atom. The number of hydrogen-bond acceptors (Lipinski definition) is 3. The molecule has 0 atom stereocenters. The van der Waals surface area contributed by atoms with Gasteiger partial charge in [-0.3, -0.25) is 5.32 Å². The molecule has 1 fully saturated rings. The highest BCUT2D eigenvalue weighted by Crippen LogP contribution is 2.29. The maximum absolute atomic E-state index is 11.9. The molecule has 0 saturated carbocycles. The quantitative estimate of drug-likeness (QED) is 0.886. The van der Waals surface area contributed by atoms with Crippen molar-refractivity contribution in [3.8, 4) is 0 Å². The molecule has 2 aromatic carbocycles. The van der Waals surface area contributed by atoms with E-state index in [0.717, 1.165) is 24.3 Å². The predicted molar refractivity (Wildman–Crippen MR) is 96.3 cm³/mol. The summed E-state index contributed by atoms with van der Waals surface area (Å²) in [6, 6.07) is 15.8. The van der Waals surface area contributed by atoms with E-state index in [9.17, 15) is 4.79 Å². The molecule has 2 N–H and O–H groups in total. The van der Waals surface area contributed by atoms with Crippen molar-refractivity contribution in [2.45, 2.75) is 32.3 Å². The van der Waals surface area contributed by atoms with Crippen LogP contribution in [-0.2, 0) is 11.3 Å². The fraction of sp³-hybridized carbons (Fsp3) is 0.350. The van der Waals surface area contributed by atoms with Crippen molar-refractivity contribution in [2.24, 2.45) is 0 Å². The van der Waals surface area contributed by atoms with Gasteiger partial charge in [0.1, 0.15) is 6.61 Å². The van der Waals surface area contributed by atoms with Crippen LogP contribution >= 0.6 is 0 Å². The average molecular weight is 324 g/mol. The minimum atomic E-state index is -0.423. The molecule has 4 nitrogen and oxygen atoms in total. The second-order valence-corrected chi connectivity index (χ2v) is 6.28. The van der Waals surface area contributed by atoms with Gasteiger partial charge in [-0.25, -0.2) is 4.79 Å². The molecule has 126 valence electrons. The largest absolute Gasteiger partial charge is 0.444 e. The standard InChI is InChI=1S/C20H24N2O2/c1-15-13-18(7-8-19(15)17-9-11-21-12-10-17)22-20(23)24-14-16-5-3-2-4-6-16/h2-8,13,17,21H,9-12,14H2,1H3,(H,22,23). The number of carbonyl (C=O) groups is 1. The zero-order valence-corrected chi connectivity index (χ0v) is 14.0. The third-order valence-corrected chi connectivity index (χ3v) is 4.51. The fourth-order valence-electron chi connectivity index (χ4n) is 3.22. The zero-order valence-electron chi connectivity index (χ0n) is 14.0. The zero-order chi connectivity index (χ0) is 16.8. The molecule has 0 aliphatic carbocycles. The molecule has 0 aromatic heterocycles. The molecule has 4 heteroatoms. The summed E-state index contributed by atoms with van der Waals surface area (Å²) in [5.74, 6) is 0.616. The van der Waals surface area contributed by atoms with E-state index in [1.807, 2.05) is 42.5 Å². The number of hydrogen-bond donors (Lipinski definition) is 2. The van der Waals surface area contributed by atoms with Crippen LogP contribution < -0.4 is 10.6 Å². The maximum Gasteiger partial charge on any atom is 0.411 e. The number of benzene rings is 2. The van der Waals surface area contributed by atoms with Gasteiger partial charge in [-0.05, 0) is 67.6 Å². The molecule has 2 aromatic rings. The molecule has 0 spiro atoms. The summed E-state index contributed by atoms with van der Waals surface area (Å²) in [7, 11) is 0. The minimum Gasteiger partial charge on any atom is -0.444 e. The summed E-state index contributed by atoms with van der Waals surface area (Å²) >= 11 is 0. The molecule has 1 aliphatic heterocycles. The van der Waals surface area contributed by atoms with E-state index in [4.69, 9.17) is 4.74 Å². The molecule has 0 unspecified atom stereocenters. The molecule has 24 heavy (non-hydrogen) atoms. The highest BCUT2D eigenvalue weighted by atomic mass is 16.5. The topological polar surface area (TPSA) is 50.4 Å². The predicted octanol–water partition coefficient (Wildman–Crippen LogP) is 4.21. The number of ether oxygens (including phenoxy) is 1. The third-order valence-electron chi connectivity index (χ3n) is 4.51. The SMILES string of the molecule is Cc1cc(NC(=O)OCc2ccccc2)ccc1C1CCNCC1. The molecule has 1 heterocycles. The summed E-state index contributed by atoms with van der Waals surface area (Å²) < 4.78 is 5.26. The number of rotatable bonds is 4. The Morgan fingerprint density at radius 3 is 2.62 bits per heavy atom. The molecule has 1 saturated heterocycles. The molecule has 1 aliphatic rings. The smallest absolute Gasteiger partial charge is 0.411 e. The first kappa shape index (κ1) is 16.5. The van der Waals surface area contributed by atoms with Crippen molar-refractivity contribution in [3.63, 3.8) is 0 Å². The summed E-state index contributed by atoms with van der Waals surface area (Å²) in [6.45, 7) is 4.54. The molecular formula is C20H24N2O2. The van der Waals surface area contributed by atoms with Crippen molar-refractivity contribution in [1.29, 1.82) is 0 Å². The van der Waals surface area contributed by atoms with Crippen LogP contribution in [0.3, 0.4) is 0 Å². The van der Waals surface area contributed by atoms with Gasteiger partial charge in [0.05, 0.1) is 0 Å². The third kappa shape index (κ3) is 4.36. The van der Waals surface area contributed by atoms with Crippen LogP contribution in [0.4, 0.5) is 10.5 Å². The molecule has 1 amide bonds. The number of carbonyl (C=O) groups excluding carboxylic acids is 1. The summed E-state index contributed by atoms with van der Waals surface area (Å²) in [6.07, 6.45) is 1.92. The first-order valence-electron chi connectivity index (χ1n) is 8.51. The number of piperidine rings is 1. The molecule has 3 rings (SSSR count). The van der Waals surface area contributed by atoms with Gasteiger partial charge < -0.3 is 10.1 Å². The molecule has 0 bridgehead atoms. The van der Waals surface area contributed by atoms with Gasteiger partial charge in [-0.2, -0.15) is 0 Å². The first-order valence-corrected chi connectivity index (χ1v) is 8.51. The van der Waals surface area contributed by atoms with Gasteiger partial charge in [0.15, 0.2) is 0 Å². The number of amides is 1. The van der Waals surface area contributed by atoms with Crippen LogP contribution in [0, 0.1) is 6.92 Å². The van der Waals surface area contributed by atoms with Crippen LogP contribution in [0.2, 0.25) is 0 Å². The van der Waals surface area contributed by atoms with Gasteiger partial charge in [0.2, 0.25) is 0 Å². The van der Waals surface area contributed by atoms with Crippen molar-refractivity contribution < 1.29 is 9.53 Å². The monoisotopic (exact) mass is 324 g/mol.